The molecule has 3 nitrogen and oxygen atoms in total. The van der Waals surface area contributed by atoms with Gasteiger partial charge in [-0.3, -0.25) is 9.59 Å². The summed E-state index contributed by atoms with van der Waals surface area (Å²) in [6.07, 6.45) is 2.19. The van der Waals surface area contributed by atoms with E-state index in [1.54, 1.807) is 12.1 Å². The van der Waals surface area contributed by atoms with Gasteiger partial charge in [0.05, 0.1) is 5.92 Å². The highest BCUT2D eigenvalue weighted by molar-refractivity contribution is 5.99. The quantitative estimate of drug-likeness (QED) is 0.836. The lowest BCUT2D eigenvalue weighted by Gasteiger charge is -2.18. The Morgan fingerprint density at radius 3 is 2.39 bits per heavy atom. The second-order valence-electron chi connectivity index (χ2n) is 6.30. The Kier molecular flexibility index (Phi) is 4.28. The second-order valence-corrected chi connectivity index (χ2v) is 6.30. The van der Waals surface area contributed by atoms with Crippen LogP contribution in [-0.2, 0) is 4.79 Å². The molecule has 3 heteroatoms. The van der Waals surface area contributed by atoms with Crippen LogP contribution in [0.3, 0.4) is 0 Å². The van der Waals surface area contributed by atoms with Gasteiger partial charge in [-0.25, -0.2) is 0 Å². The summed E-state index contributed by atoms with van der Waals surface area (Å²) in [5.74, 6) is 0.329. The van der Waals surface area contributed by atoms with Crippen molar-refractivity contribution in [2.45, 2.75) is 32.6 Å². The van der Waals surface area contributed by atoms with Crippen molar-refractivity contribution in [3.8, 4) is 0 Å². The lowest BCUT2D eigenvalue weighted by Crippen LogP contribution is -2.23. The summed E-state index contributed by atoms with van der Waals surface area (Å²) >= 11 is 0. The van der Waals surface area contributed by atoms with Crippen molar-refractivity contribution in [1.29, 1.82) is 0 Å². The van der Waals surface area contributed by atoms with Crippen molar-refractivity contribution in [3.05, 3.63) is 65.2 Å². The standard InChI is InChI=1S/C20H21NO2/c1-13-8-9-17(14(2)22)12-18(13)21-20(23)19(16-10-11-16)15-6-4-3-5-7-15/h3-9,12,16,19H,10-11H2,1-2H3,(H,21,23). The van der Waals surface area contributed by atoms with Gasteiger partial charge in [-0.05, 0) is 49.8 Å². The lowest BCUT2D eigenvalue weighted by atomic mass is 9.93. The van der Waals surface area contributed by atoms with Gasteiger partial charge in [-0.1, -0.05) is 42.5 Å². The van der Waals surface area contributed by atoms with Crippen LogP contribution in [0.1, 0.15) is 47.2 Å². The summed E-state index contributed by atoms with van der Waals surface area (Å²) in [7, 11) is 0. The molecule has 0 heterocycles. The van der Waals surface area contributed by atoms with Gasteiger partial charge in [0.25, 0.3) is 0 Å². The summed E-state index contributed by atoms with van der Waals surface area (Å²) < 4.78 is 0. The molecule has 0 bridgehead atoms. The SMILES string of the molecule is CC(=O)c1ccc(C)c(NC(=O)C(c2ccccc2)C2CC2)c1. The minimum absolute atomic E-state index is 0.00213. The van der Waals surface area contributed by atoms with Gasteiger partial charge < -0.3 is 5.32 Å². The molecule has 23 heavy (non-hydrogen) atoms. The molecule has 2 aromatic carbocycles. The van der Waals surface area contributed by atoms with Crippen LogP contribution in [0.4, 0.5) is 5.69 Å². The van der Waals surface area contributed by atoms with Crippen molar-refractivity contribution >= 4 is 17.4 Å². The maximum absolute atomic E-state index is 12.8. The fraction of sp³-hybridized carbons (Fsp3) is 0.300. The first-order valence-corrected chi connectivity index (χ1v) is 8.03. The average Bonchev–Trinajstić information content (AvgIpc) is 3.35. The zero-order valence-electron chi connectivity index (χ0n) is 13.5. The Labute approximate surface area is 136 Å². The predicted octanol–water partition coefficient (Wildman–Crippen LogP) is 4.33. The number of Topliss-reactive ketones (excluding diaryl/α,β-unsaturated/α-hetero) is 1. The fourth-order valence-electron chi connectivity index (χ4n) is 2.91. The van der Waals surface area contributed by atoms with Crippen molar-refractivity contribution < 1.29 is 9.59 Å². The third-order valence-electron chi connectivity index (χ3n) is 4.44. The number of amides is 1. The van der Waals surface area contributed by atoms with Gasteiger partial charge >= 0.3 is 0 Å². The van der Waals surface area contributed by atoms with Crippen LogP contribution < -0.4 is 5.32 Å². The van der Waals surface area contributed by atoms with Crippen LogP contribution in [0.2, 0.25) is 0 Å². The summed E-state index contributed by atoms with van der Waals surface area (Å²) in [6.45, 7) is 3.47. The first kappa shape index (κ1) is 15.5. The summed E-state index contributed by atoms with van der Waals surface area (Å²) in [5, 5.41) is 3.03. The van der Waals surface area contributed by atoms with E-state index in [0.29, 0.717) is 11.5 Å². The molecule has 0 aliphatic heterocycles. The molecule has 0 saturated heterocycles. The number of nitrogens with one attached hydrogen (secondary N) is 1. The highest BCUT2D eigenvalue weighted by Crippen LogP contribution is 2.43. The summed E-state index contributed by atoms with van der Waals surface area (Å²) in [4.78, 5) is 24.4. The zero-order chi connectivity index (χ0) is 16.4. The Balaban J connectivity index is 1.85. The van der Waals surface area contributed by atoms with Crippen LogP contribution in [0.25, 0.3) is 0 Å². The molecule has 1 aliphatic rings. The predicted molar refractivity (Wildman–Crippen MR) is 91.7 cm³/mol. The van der Waals surface area contributed by atoms with E-state index < -0.39 is 0 Å². The molecule has 1 atom stereocenters. The number of hydrogen-bond donors (Lipinski definition) is 1. The monoisotopic (exact) mass is 307 g/mol. The number of rotatable bonds is 5. The van der Waals surface area contributed by atoms with Crippen LogP contribution in [0.5, 0.6) is 0 Å². The Morgan fingerprint density at radius 2 is 1.78 bits per heavy atom. The molecule has 1 aliphatic carbocycles. The molecular formula is C20H21NO2. The zero-order valence-corrected chi connectivity index (χ0v) is 13.5. The smallest absolute Gasteiger partial charge is 0.232 e. The Morgan fingerprint density at radius 1 is 1.09 bits per heavy atom. The third kappa shape index (κ3) is 3.50. The maximum Gasteiger partial charge on any atom is 0.232 e. The van der Waals surface area contributed by atoms with Crippen molar-refractivity contribution in [3.63, 3.8) is 0 Å². The Hall–Kier alpha value is -2.42. The fourth-order valence-corrected chi connectivity index (χ4v) is 2.91. The molecule has 0 aromatic heterocycles. The highest BCUT2D eigenvalue weighted by atomic mass is 16.2. The van der Waals surface area contributed by atoms with E-state index >= 15 is 0 Å². The minimum atomic E-state index is -0.114. The molecule has 3 rings (SSSR count). The number of ketones is 1. The minimum Gasteiger partial charge on any atom is -0.325 e. The van der Waals surface area contributed by atoms with Gasteiger partial charge in [0, 0.05) is 11.3 Å². The van der Waals surface area contributed by atoms with Gasteiger partial charge in [-0.2, -0.15) is 0 Å². The molecule has 1 fully saturated rings. The molecular weight excluding hydrogens is 286 g/mol. The van der Waals surface area contributed by atoms with Gasteiger partial charge in [0.15, 0.2) is 5.78 Å². The molecule has 1 saturated carbocycles. The van der Waals surface area contributed by atoms with Crippen molar-refractivity contribution in [2.75, 3.05) is 5.32 Å². The number of benzene rings is 2. The molecule has 118 valence electrons. The number of hydrogen-bond acceptors (Lipinski definition) is 2. The van der Waals surface area contributed by atoms with E-state index in [1.807, 2.05) is 43.3 Å². The number of carbonyl (C=O) groups excluding carboxylic acids is 2. The van der Waals surface area contributed by atoms with E-state index in [2.05, 4.69) is 5.32 Å². The lowest BCUT2D eigenvalue weighted by molar-refractivity contribution is -0.118. The normalized spacial score (nSPS) is 15.0. The van der Waals surface area contributed by atoms with Crippen LogP contribution in [0, 0.1) is 12.8 Å². The average molecular weight is 307 g/mol. The van der Waals surface area contributed by atoms with Crippen LogP contribution >= 0.6 is 0 Å². The summed E-state index contributed by atoms with van der Waals surface area (Å²) in [5.41, 5.74) is 3.37. The van der Waals surface area contributed by atoms with E-state index in [4.69, 9.17) is 0 Å². The molecule has 0 spiro atoms. The Bertz CT molecular complexity index is 733. The number of anilines is 1. The maximum atomic E-state index is 12.8. The van der Waals surface area contributed by atoms with E-state index in [-0.39, 0.29) is 17.6 Å². The van der Waals surface area contributed by atoms with E-state index in [0.717, 1.165) is 29.7 Å². The van der Waals surface area contributed by atoms with E-state index in [1.165, 1.54) is 6.92 Å². The molecule has 0 radical (unpaired) electrons. The highest BCUT2D eigenvalue weighted by Gasteiger charge is 2.37. The molecule has 2 aromatic rings. The first-order chi connectivity index (χ1) is 11.1. The van der Waals surface area contributed by atoms with Crippen molar-refractivity contribution in [2.24, 2.45) is 5.92 Å². The number of carbonyl (C=O) groups is 2. The molecule has 1 amide bonds. The van der Waals surface area contributed by atoms with E-state index in [9.17, 15) is 9.59 Å². The van der Waals surface area contributed by atoms with Gasteiger partial charge in [0.2, 0.25) is 5.91 Å². The van der Waals surface area contributed by atoms with Gasteiger partial charge in [-0.15, -0.1) is 0 Å². The largest absolute Gasteiger partial charge is 0.325 e. The van der Waals surface area contributed by atoms with Gasteiger partial charge in [0.1, 0.15) is 0 Å². The molecule has 1 unspecified atom stereocenters. The van der Waals surface area contributed by atoms with Crippen molar-refractivity contribution in [1.82, 2.24) is 0 Å². The molecule has 1 N–H and O–H groups in total. The van der Waals surface area contributed by atoms with Crippen LogP contribution in [-0.4, -0.2) is 11.7 Å². The summed E-state index contributed by atoms with van der Waals surface area (Å²) in [6, 6.07) is 15.4. The topological polar surface area (TPSA) is 46.2 Å². The third-order valence-corrected chi connectivity index (χ3v) is 4.44. The second kappa shape index (κ2) is 6.37. The van der Waals surface area contributed by atoms with Crippen LogP contribution in [0.15, 0.2) is 48.5 Å². The first-order valence-electron chi connectivity index (χ1n) is 8.03. The number of aryl methyl sites for hydroxylation is 1.